The van der Waals surface area contributed by atoms with Crippen molar-refractivity contribution in [1.82, 2.24) is 5.32 Å². The van der Waals surface area contributed by atoms with E-state index in [0.29, 0.717) is 17.5 Å². The van der Waals surface area contributed by atoms with Crippen LogP contribution in [0.5, 0.6) is 0 Å². The average Bonchev–Trinajstić information content (AvgIpc) is 2.60. The maximum absolute atomic E-state index is 12.1. The first-order chi connectivity index (χ1) is 12.0. The lowest BCUT2D eigenvalue weighted by atomic mass is 10.1. The van der Waals surface area contributed by atoms with Gasteiger partial charge in [0.25, 0.3) is 5.91 Å². The second-order valence-corrected chi connectivity index (χ2v) is 5.96. The summed E-state index contributed by atoms with van der Waals surface area (Å²) in [6.45, 7) is 4.13. The van der Waals surface area contributed by atoms with Crippen molar-refractivity contribution in [3.8, 4) is 0 Å². The molecule has 6 nitrogen and oxygen atoms in total. The van der Waals surface area contributed by atoms with Crippen molar-refractivity contribution in [3.63, 3.8) is 0 Å². The molecule has 0 aliphatic rings. The van der Waals surface area contributed by atoms with Crippen LogP contribution < -0.4 is 10.7 Å². The molecule has 0 unspecified atom stereocenters. The first-order valence-electron chi connectivity index (χ1n) is 8.49. The molecule has 134 valence electrons. The third-order valence-electron chi connectivity index (χ3n) is 3.77. The highest BCUT2D eigenvalue weighted by Crippen LogP contribution is 2.14. The summed E-state index contributed by atoms with van der Waals surface area (Å²) in [6.07, 6.45) is 4.21. The van der Waals surface area contributed by atoms with E-state index in [2.05, 4.69) is 12.2 Å². The number of benzene rings is 1. The standard InChI is InChI=1S/C19H23NO5/c1-3-4-5-6-9-20-18(22)12-24-19(23)17-11-15(21)14-10-13(2)7-8-16(14)25-17/h7-8,10-11H,3-6,9,12H2,1-2H3,(H,20,22). The zero-order chi connectivity index (χ0) is 18.2. The van der Waals surface area contributed by atoms with Crippen LogP contribution in [-0.2, 0) is 9.53 Å². The smallest absolute Gasteiger partial charge is 0.374 e. The SMILES string of the molecule is CCCCCCNC(=O)COC(=O)c1cc(=O)c2cc(C)ccc2o1. The number of nitrogens with one attached hydrogen (secondary N) is 1. The molecule has 1 heterocycles. The Morgan fingerprint density at radius 3 is 2.72 bits per heavy atom. The summed E-state index contributed by atoms with van der Waals surface area (Å²) in [5.74, 6) is -1.42. The van der Waals surface area contributed by atoms with Crippen LogP contribution in [0, 0.1) is 6.92 Å². The molecule has 25 heavy (non-hydrogen) atoms. The van der Waals surface area contributed by atoms with Crippen LogP contribution in [-0.4, -0.2) is 25.0 Å². The molecular formula is C19H23NO5. The Labute approximate surface area is 146 Å². The molecule has 1 amide bonds. The van der Waals surface area contributed by atoms with E-state index in [9.17, 15) is 14.4 Å². The molecule has 0 radical (unpaired) electrons. The number of carbonyl (C=O) groups is 2. The number of fused-ring (bicyclic) bond motifs is 1. The van der Waals surface area contributed by atoms with Gasteiger partial charge in [-0.2, -0.15) is 0 Å². The van der Waals surface area contributed by atoms with Gasteiger partial charge in [0.15, 0.2) is 12.0 Å². The van der Waals surface area contributed by atoms with E-state index >= 15 is 0 Å². The van der Waals surface area contributed by atoms with Gasteiger partial charge in [-0.15, -0.1) is 0 Å². The number of amides is 1. The average molecular weight is 345 g/mol. The Hall–Kier alpha value is -2.63. The van der Waals surface area contributed by atoms with Crippen molar-refractivity contribution in [1.29, 1.82) is 0 Å². The molecular weight excluding hydrogens is 322 g/mol. The van der Waals surface area contributed by atoms with Crippen LogP contribution in [0.3, 0.4) is 0 Å². The maximum atomic E-state index is 12.1. The van der Waals surface area contributed by atoms with Gasteiger partial charge in [-0.05, 0) is 25.5 Å². The van der Waals surface area contributed by atoms with E-state index in [4.69, 9.17) is 9.15 Å². The zero-order valence-corrected chi connectivity index (χ0v) is 14.6. The fraction of sp³-hybridized carbons (Fsp3) is 0.421. The number of hydrogen-bond donors (Lipinski definition) is 1. The van der Waals surface area contributed by atoms with Gasteiger partial charge in [-0.1, -0.05) is 37.8 Å². The van der Waals surface area contributed by atoms with E-state index in [1.165, 1.54) is 0 Å². The Morgan fingerprint density at radius 2 is 1.96 bits per heavy atom. The number of esters is 1. The highest BCUT2D eigenvalue weighted by molar-refractivity contribution is 5.90. The molecule has 6 heteroatoms. The molecule has 0 saturated heterocycles. The van der Waals surface area contributed by atoms with E-state index in [0.717, 1.165) is 37.3 Å². The van der Waals surface area contributed by atoms with E-state index in [1.54, 1.807) is 18.2 Å². The summed E-state index contributed by atoms with van der Waals surface area (Å²) >= 11 is 0. The molecule has 0 atom stereocenters. The summed E-state index contributed by atoms with van der Waals surface area (Å²) < 4.78 is 10.3. The lowest BCUT2D eigenvalue weighted by molar-refractivity contribution is -0.124. The minimum atomic E-state index is -0.833. The Balaban J connectivity index is 1.90. The second kappa shape index (κ2) is 9.01. The van der Waals surface area contributed by atoms with Crippen molar-refractivity contribution in [2.45, 2.75) is 39.5 Å². The molecule has 0 aliphatic carbocycles. The van der Waals surface area contributed by atoms with Crippen LogP contribution in [0.1, 0.15) is 48.7 Å². The van der Waals surface area contributed by atoms with Crippen LogP contribution in [0.2, 0.25) is 0 Å². The van der Waals surface area contributed by atoms with Gasteiger partial charge in [0.1, 0.15) is 5.58 Å². The van der Waals surface area contributed by atoms with Crippen molar-refractivity contribution in [2.24, 2.45) is 0 Å². The topological polar surface area (TPSA) is 85.6 Å². The quantitative estimate of drug-likeness (QED) is 0.587. The van der Waals surface area contributed by atoms with Gasteiger partial charge in [0.2, 0.25) is 5.76 Å². The summed E-state index contributed by atoms with van der Waals surface area (Å²) in [6, 6.07) is 6.20. The van der Waals surface area contributed by atoms with Gasteiger partial charge >= 0.3 is 5.97 Å². The number of carbonyl (C=O) groups excluding carboxylic acids is 2. The first kappa shape index (κ1) is 18.7. The fourth-order valence-corrected chi connectivity index (χ4v) is 2.40. The minimum Gasteiger partial charge on any atom is -0.450 e. The summed E-state index contributed by atoms with van der Waals surface area (Å²) in [5.41, 5.74) is 0.911. The predicted molar refractivity (Wildman–Crippen MR) is 94.7 cm³/mol. The Bertz CT molecular complexity index is 809. The molecule has 1 N–H and O–H groups in total. The van der Waals surface area contributed by atoms with Crippen molar-refractivity contribution in [3.05, 3.63) is 45.8 Å². The molecule has 0 bridgehead atoms. The number of unbranched alkanes of at least 4 members (excludes halogenated alkanes) is 3. The van der Waals surface area contributed by atoms with Gasteiger partial charge < -0.3 is 14.5 Å². The molecule has 1 aromatic carbocycles. The third-order valence-corrected chi connectivity index (χ3v) is 3.77. The van der Waals surface area contributed by atoms with Gasteiger partial charge in [0.05, 0.1) is 5.39 Å². The third kappa shape index (κ3) is 5.45. The molecule has 2 aromatic rings. The Kier molecular flexibility index (Phi) is 6.74. The van der Waals surface area contributed by atoms with Crippen LogP contribution in [0.15, 0.2) is 33.5 Å². The van der Waals surface area contributed by atoms with E-state index in [-0.39, 0.29) is 17.1 Å². The molecule has 0 fully saturated rings. The minimum absolute atomic E-state index is 0.211. The van der Waals surface area contributed by atoms with Crippen molar-refractivity contribution < 1.29 is 18.7 Å². The van der Waals surface area contributed by atoms with Crippen LogP contribution in [0.25, 0.3) is 11.0 Å². The molecule has 2 rings (SSSR count). The van der Waals surface area contributed by atoms with Gasteiger partial charge in [-0.3, -0.25) is 9.59 Å². The monoisotopic (exact) mass is 345 g/mol. The lowest BCUT2D eigenvalue weighted by Gasteiger charge is -2.06. The maximum Gasteiger partial charge on any atom is 0.374 e. The summed E-state index contributed by atoms with van der Waals surface area (Å²) in [4.78, 5) is 35.7. The van der Waals surface area contributed by atoms with Crippen LogP contribution in [0.4, 0.5) is 0 Å². The summed E-state index contributed by atoms with van der Waals surface area (Å²) in [7, 11) is 0. The molecule has 0 saturated carbocycles. The number of ether oxygens (including phenoxy) is 1. The number of rotatable bonds is 8. The largest absolute Gasteiger partial charge is 0.450 e. The van der Waals surface area contributed by atoms with Crippen LogP contribution >= 0.6 is 0 Å². The lowest BCUT2D eigenvalue weighted by Crippen LogP contribution is -2.29. The molecule has 1 aromatic heterocycles. The van der Waals surface area contributed by atoms with Crippen molar-refractivity contribution >= 4 is 22.8 Å². The van der Waals surface area contributed by atoms with Crippen molar-refractivity contribution in [2.75, 3.05) is 13.2 Å². The normalized spacial score (nSPS) is 10.6. The second-order valence-electron chi connectivity index (χ2n) is 5.96. The van der Waals surface area contributed by atoms with Gasteiger partial charge in [-0.25, -0.2) is 4.79 Å². The fourth-order valence-electron chi connectivity index (χ4n) is 2.40. The van der Waals surface area contributed by atoms with Gasteiger partial charge in [0, 0.05) is 12.6 Å². The number of hydrogen-bond acceptors (Lipinski definition) is 5. The first-order valence-corrected chi connectivity index (χ1v) is 8.49. The van der Waals surface area contributed by atoms with E-state index < -0.39 is 12.6 Å². The number of aryl methyl sites for hydroxylation is 1. The van der Waals surface area contributed by atoms with E-state index in [1.807, 2.05) is 6.92 Å². The predicted octanol–water partition coefficient (Wildman–Crippen LogP) is 2.95. The molecule has 0 aliphatic heterocycles. The molecule has 0 spiro atoms. The highest BCUT2D eigenvalue weighted by atomic mass is 16.5. The highest BCUT2D eigenvalue weighted by Gasteiger charge is 2.15. The Morgan fingerprint density at radius 1 is 1.16 bits per heavy atom. The summed E-state index contributed by atoms with van der Waals surface area (Å²) in [5, 5.41) is 3.09. The zero-order valence-electron chi connectivity index (χ0n) is 14.6.